The van der Waals surface area contributed by atoms with Crippen LogP contribution < -0.4 is 5.32 Å². The van der Waals surface area contributed by atoms with Gasteiger partial charge in [-0.1, -0.05) is 91.0 Å². The number of alkyl halides is 1. The first kappa shape index (κ1) is 24.5. The van der Waals surface area contributed by atoms with Crippen molar-refractivity contribution in [3.8, 4) is 0 Å². The highest BCUT2D eigenvalue weighted by atomic mass is 35.5. The van der Waals surface area contributed by atoms with Gasteiger partial charge >= 0.3 is 14.0 Å². The minimum absolute atomic E-state index is 0.0233. The van der Waals surface area contributed by atoms with Crippen LogP contribution in [0.5, 0.6) is 0 Å². The topological polar surface area (TPSA) is 75.7 Å². The first-order chi connectivity index (χ1) is 17.5. The predicted molar refractivity (Wildman–Crippen MR) is 139 cm³/mol. The Morgan fingerprint density at radius 3 is 1.86 bits per heavy atom. The molecule has 36 heavy (non-hydrogen) atoms. The van der Waals surface area contributed by atoms with Gasteiger partial charge in [0.1, 0.15) is 17.1 Å². The van der Waals surface area contributed by atoms with Crippen LogP contribution in [0.25, 0.3) is 0 Å². The van der Waals surface area contributed by atoms with Gasteiger partial charge in [0.2, 0.25) is 5.91 Å². The van der Waals surface area contributed by atoms with Crippen LogP contribution in [0.15, 0.2) is 102 Å². The highest BCUT2D eigenvalue weighted by molar-refractivity contribution is 7.86. The number of β-lactam (4-membered cyclic amide) rings is 1. The van der Waals surface area contributed by atoms with E-state index < -0.39 is 39.6 Å². The second-order valence-corrected chi connectivity index (χ2v) is 10.4. The molecule has 1 fully saturated rings. The smallest absolute Gasteiger partial charge is 0.378 e. The van der Waals surface area contributed by atoms with Gasteiger partial charge in [-0.3, -0.25) is 19.2 Å². The highest BCUT2D eigenvalue weighted by Crippen LogP contribution is 2.42. The van der Waals surface area contributed by atoms with Crippen molar-refractivity contribution in [2.45, 2.75) is 17.0 Å². The highest BCUT2D eigenvalue weighted by Gasteiger charge is 2.58. The van der Waals surface area contributed by atoms with Crippen molar-refractivity contribution >= 4 is 42.3 Å². The fourth-order valence-corrected chi connectivity index (χ4v) is 7.07. The van der Waals surface area contributed by atoms with Crippen molar-refractivity contribution in [1.82, 2.24) is 10.2 Å². The lowest BCUT2D eigenvalue weighted by molar-refractivity contribution is -0.149. The van der Waals surface area contributed by atoms with Crippen molar-refractivity contribution in [3.05, 3.63) is 119 Å². The lowest BCUT2D eigenvalue weighted by atomic mass is 9.76. The summed E-state index contributed by atoms with van der Waals surface area (Å²) in [4.78, 5) is 27.3. The number of halogens is 1. The van der Waals surface area contributed by atoms with Gasteiger partial charge < -0.3 is 4.65 Å². The molecule has 2 aliphatic heterocycles. The summed E-state index contributed by atoms with van der Waals surface area (Å²) in [6.45, 7) is 0. The molecule has 2 aliphatic rings. The van der Waals surface area contributed by atoms with E-state index in [2.05, 4.69) is 9.97 Å². The Morgan fingerprint density at radius 2 is 1.44 bits per heavy atom. The number of hydrogen-bond donors (Lipinski definition) is 1. The molecular weight excluding hydrogens is 495 g/mol. The number of amides is 1. The Kier molecular flexibility index (Phi) is 6.84. The second-order valence-electron chi connectivity index (χ2n) is 8.59. The zero-order chi connectivity index (χ0) is 25.3. The first-order valence-corrected chi connectivity index (χ1v) is 13.3. The molecule has 0 bridgehead atoms. The summed E-state index contributed by atoms with van der Waals surface area (Å²) in [6, 6.07) is 28.6. The van der Waals surface area contributed by atoms with Gasteiger partial charge in [-0.25, -0.2) is 4.79 Å². The zero-order valence-corrected chi connectivity index (χ0v) is 20.7. The van der Waals surface area contributed by atoms with Crippen molar-refractivity contribution in [1.29, 1.82) is 0 Å². The number of rotatable bonds is 7. The Bertz CT molecular complexity index is 1240. The van der Waals surface area contributed by atoms with Crippen LogP contribution in [0, 0.1) is 0 Å². The molecule has 180 valence electrons. The van der Waals surface area contributed by atoms with Gasteiger partial charge in [0.25, 0.3) is 0 Å². The first-order valence-electron chi connectivity index (χ1n) is 11.4. The molecule has 6 nitrogen and oxygen atoms in total. The number of nitrogens with one attached hydrogen (secondary N) is 1. The van der Waals surface area contributed by atoms with Crippen molar-refractivity contribution < 1.29 is 18.5 Å². The standard InChI is InChI=1S/C27H22BClN2O4S/c28-35-26(33)23-18(16-29)17-36(34)25-22(24(32)31(23)25)30-27(19-10-4-1-5-11-19,20-12-6-2-7-13-20)21-14-8-3-9-15-21/h1-15,22,25,30H,16-17H2/t22-,25-,36?/m1/s1. The van der Waals surface area contributed by atoms with Crippen LogP contribution in [0.1, 0.15) is 16.7 Å². The molecule has 3 aromatic rings. The largest absolute Gasteiger partial charge is 0.539 e. The van der Waals surface area contributed by atoms with Crippen molar-refractivity contribution in [2.75, 3.05) is 11.6 Å². The molecule has 9 heteroatoms. The van der Waals surface area contributed by atoms with E-state index >= 15 is 0 Å². The normalized spacial score (nSPS) is 21.5. The summed E-state index contributed by atoms with van der Waals surface area (Å²) < 4.78 is 17.8. The average Bonchev–Trinajstić information content (AvgIpc) is 2.94. The molecule has 0 saturated carbocycles. The third kappa shape index (κ3) is 3.90. The molecule has 5 rings (SSSR count). The Labute approximate surface area is 218 Å². The maximum Gasteiger partial charge on any atom is 0.378 e. The summed E-state index contributed by atoms with van der Waals surface area (Å²) in [5.41, 5.74) is 2.14. The number of fused-ring (bicyclic) bond motifs is 1. The van der Waals surface area contributed by atoms with Crippen LogP contribution in [0.3, 0.4) is 0 Å². The van der Waals surface area contributed by atoms with E-state index in [0.717, 1.165) is 16.7 Å². The van der Waals surface area contributed by atoms with Gasteiger partial charge in [0.15, 0.2) is 0 Å². The molecule has 0 spiro atoms. The van der Waals surface area contributed by atoms with Gasteiger partial charge in [-0.2, -0.15) is 0 Å². The second kappa shape index (κ2) is 10.0. The Morgan fingerprint density at radius 1 is 0.972 bits per heavy atom. The van der Waals surface area contributed by atoms with Gasteiger partial charge in [-0.05, 0) is 22.3 Å². The molecule has 3 aromatic carbocycles. The third-order valence-corrected chi connectivity index (χ3v) is 8.64. The van der Waals surface area contributed by atoms with E-state index in [1.165, 1.54) is 4.90 Å². The number of carbonyl (C=O) groups is 2. The predicted octanol–water partition coefficient (Wildman–Crippen LogP) is 2.99. The van der Waals surface area contributed by atoms with Crippen LogP contribution in [-0.2, 0) is 30.6 Å². The maximum absolute atomic E-state index is 13.6. The molecule has 3 atom stereocenters. The third-order valence-electron chi connectivity index (χ3n) is 6.66. The summed E-state index contributed by atoms with van der Waals surface area (Å²) in [5, 5.41) is 2.80. The molecule has 1 amide bonds. The van der Waals surface area contributed by atoms with E-state index in [9.17, 15) is 13.8 Å². The maximum atomic E-state index is 13.6. The van der Waals surface area contributed by atoms with E-state index in [4.69, 9.17) is 19.7 Å². The molecule has 1 saturated heterocycles. The molecular formula is C27H22BClN2O4S. The van der Waals surface area contributed by atoms with E-state index in [1.54, 1.807) is 0 Å². The molecule has 2 heterocycles. The van der Waals surface area contributed by atoms with Crippen molar-refractivity contribution in [2.24, 2.45) is 0 Å². The van der Waals surface area contributed by atoms with E-state index in [-0.39, 0.29) is 17.3 Å². The number of nitrogens with zero attached hydrogens (tertiary/aromatic N) is 1. The molecule has 1 N–H and O–H groups in total. The molecule has 0 aromatic heterocycles. The molecule has 1 unspecified atom stereocenters. The van der Waals surface area contributed by atoms with Gasteiger partial charge in [0.05, 0.1) is 22.1 Å². The monoisotopic (exact) mass is 516 g/mol. The van der Waals surface area contributed by atoms with E-state index in [0.29, 0.717) is 5.57 Å². The van der Waals surface area contributed by atoms with Crippen LogP contribution in [0.2, 0.25) is 0 Å². The number of hydrogen-bond acceptors (Lipinski definition) is 5. The van der Waals surface area contributed by atoms with Crippen LogP contribution >= 0.6 is 11.6 Å². The quantitative estimate of drug-likeness (QED) is 0.226. The lowest BCUT2D eigenvalue weighted by Crippen LogP contribution is -2.75. The molecule has 2 radical (unpaired) electrons. The lowest BCUT2D eigenvalue weighted by Gasteiger charge is -2.52. The number of benzene rings is 3. The average molecular weight is 517 g/mol. The summed E-state index contributed by atoms with van der Waals surface area (Å²) in [5.74, 6) is -1.29. The summed E-state index contributed by atoms with van der Waals surface area (Å²) in [7, 11) is 3.64. The Balaban J connectivity index is 1.65. The zero-order valence-electron chi connectivity index (χ0n) is 19.2. The number of carbonyl (C=O) groups excluding carboxylic acids is 2. The van der Waals surface area contributed by atoms with Gasteiger partial charge in [0, 0.05) is 5.88 Å². The van der Waals surface area contributed by atoms with Crippen LogP contribution in [-0.4, -0.2) is 52.1 Å². The van der Waals surface area contributed by atoms with Gasteiger partial charge in [-0.15, -0.1) is 11.6 Å². The van der Waals surface area contributed by atoms with Crippen LogP contribution in [0.4, 0.5) is 0 Å². The molecule has 0 aliphatic carbocycles. The summed E-state index contributed by atoms with van der Waals surface area (Å²) >= 11 is 6.01. The van der Waals surface area contributed by atoms with E-state index in [1.807, 2.05) is 91.0 Å². The minimum Gasteiger partial charge on any atom is -0.539 e. The minimum atomic E-state index is -1.50. The fraction of sp³-hybridized carbons (Fsp3) is 0.185. The Hall–Kier alpha value is -3.20. The summed E-state index contributed by atoms with van der Waals surface area (Å²) in [6.07, 6.45) is 0. The SMILES string of the molecule is [B]OC(=O)C1=C(CCl)CS(=O)[C@@H]2[C@H](NC(c3ccccc3)(c3ccccc3)c3ccccc3)C(=O)N12. The van der Waals surface area contributed by atoms with Crippen molar-refractivity contribution in [3.63, 3.8) is 0 Å². The fourth-order valence-electron chi connectivity index (χ4n) is 5.05.